The Labute approximate surface area is 240 Å². The Balaban J connectivity index is 5.94. The standard InChI is InChI=1S/C24H48N12O5/c1-5-12(2)17(22(41)33-14(4)18(26)37)36-21(40)16(9-7-11-32-24(29)30)35-20(39)15(34-19(38)13(3)25)8-6-10-31-23(27)28/h12-17H,5-11,25H2,1-4H3,(H2,26,37)(H,33,41)(H,34,38)(H,35,39)(H,36,40)(H4,27,28,31)(H4,29,30,32)/t12-,13-,14-,15-,16-,17-/m0/s1. The first-order chi connectivity index (χ1) is 19.1. The number of guanidine groups is 2. The maximum absolute atomic E-state index is 13.4. The molecule has 0 heterocycles. The molecule has 6 atom stereocenters. The highest BCUT2D eigenvalue weighted by Crippen LogP contribution is 2.10. The molecular formula is C24H48N12O5. The van der Waals surface area contributed by atoms with Crippen LogP contribution in [0.3, 0.4) is 0 Å². The number of carbonyl (C=O) groups is 5. The van der Waals surface area contributed by atoms with Gasteiger partial charge in [-0.15, -0.1) is 0 Å². The van der Waals surface area contributed by atoms with Gasteiger partial charge in [-0.2, -0.15) is 0 Å². The van der Waals surface area contributed by atoms with E-state index in [4.69, 9.17) is 34.4 Å². The van der Waals surface area contributed by atoms with Crippen molar-refractivity contribution in [2.24, 2.45) is 50.3 Å². The van der Waals surface area contributed by atoms with Crippen LogP contribution in [-0.2, 0) is 24.0 Å². The molecule has 0 saturated heterocycles. The number of nitrogens with one attached hydrogen (secondary N) is 4. The number of amides is 5. The van der Waals surface area contributed by atoms with Crippen LogP contribution in [0.1, 0.15) is 59.8 Å². The van der Waals surface area contributed by atoms with E-state index < -0.39 is 59.7 Å². The van der Waals surface area contributed by atoms with Crippen molar-refractivity contribution in [3.8, 4) is 0 Å². The van der Waals surface area contributed by atoms with Crippen molar-refractivity contribution in [2.75, 3.05) is 13.1 Å². The summed E-state index contributed by atoms with van der Waals surface area (Å²) >= 11 is 0. The minimum absolute atomic E-state index is 0.100. The highest BCUT2D eigenvalue weighted by atomic mass is 16.2. The lowest BCUT2D eigenvalue weighted by atomic mass is 9.97. The highest BCUT2D eigenvalue weighted by Gasteiger charge is 2.32. The minimum atomic E-state index is -1.13. The van der Waals surface area contributed by atoms with Crippen LogP contribution in [0.2, 0.25) is 0 Å². The number of aliphatic imine (C=N–C) groups is 2. The molecule has 0 spiro atoms. The van der Waals surface area contributed by atoms with Crippen molar-refractivity contribution >= 4 is 41.5 Å². The summed E-state index contributed by atoms with van der Waals surface area (Å²) in [4.78, 5) is 71.1. The number of rotatable bonds is 19. The van der Waals surface area contributed by atoms with E-state index in [0.717, 1.165) is 0 Å². The quantitative estimate of drug-likeness (QED) is 0.0397. The smallest absolute Gasteiger partial charge is 0.243 e. The molecule has 16 N–H and O–H groups in total. The molecule has 41 heavy (non-hydrogen) atoms. The average molecular weight is 585 g/mol. The zero-order valence-corrected chi connectivity index (χ0v) is 24.3. The predicted molar refractivity (Wildman–Crippen MR) is 156 cm³/mol. The molecule has 0 fully saturated rings. The van der Waals surface area contributed by atoms with E-state index in [9.17, 15) is 24.0 Å². The van der Waals surface area contributed by atoms with Gasteiger partial charge in [0.2, 0.25) is 29.5 Å². The second-order valence-electron chi connectivity index (χ2n) is 9.81. The molecule has 17 heteroatoms. The van der Waals surface area contributed by atoms with Crippen LogP contribution in [-0.4, -0.2) is 84.8 Å². The number of nitrogens with zero attached hydrogens (tertiary/aromatic N) is 2. The molecular weight excluding hydrogens is 536 g/mol. The van der Waals surface area contributed by atoms with Gasteiger partial charge in [0.15, 0.2) is 11.9 Å². The molecule has 0 aromatic carbocycles. The molecule has 0 unspecified atom stereocenters. The molecule has 5 amide bonds. The number of nitrogens with two attached hydrogens (primary N) is 6. The second kappa shape index (κ2) is 19.0. The van der Waals surface area contributed by atoms with Gasteiger partial charge in [-0.3, -0.25) is 34.0 Å². The first kappa shape index (κ1) is 36.8. The molecule has 0 rings (SSSR count). The van der Waals surface area contributed by atoms with Crippen molar-refractivity contribution in [3.63, 3.8) is 0 Å². The van der Waals surface area contributed by atoms with Crippen LogP contribution in [0.5, 0.6) is 0 Å². The van der Waals surface area contributed by atoms with Crippen LogP contribution >= 0.6 is 0 Å². The van der Waals surface area contributed by atoms with Gasteiger partial charge in [-0.25, -0.2) is 0 Å². The molecule has 0 bridgehead atoms. The van der Waals surface area contributed by atoms with E-state index in [2.05, 4.69) is 31.3 Å². The number of hydrogen-bond donors (Lipinski definition) is 10. The number of carbonyl (C=O) groups excluding carboxylic acids is 5. The summed E-state index contributed by atoms with van der Waals surface area (Å²) in [5.74, 6) is -3.81. The molecule has 0 aliphatic rings. The Morgan fingerprint density at radius 1 is 0.659 bits per heavy atom. The second-order valence-corrected chi connectivity index (χ2v) is 9.81. The van der Waals surface area contributed by atoms with E-state index in [1.54, 1.807) is 6.92 Å². The first-order valence-electron chi connectivity index (χ1n) is 13.5. The van der Waals surface area contributed by atoms with E-state index >= 15 is 0 Å². The third-order valence-electron chi connectivity index (χ3n) is 6.15. The van der Waals surface area contributed by atoms with Crippen LogP contribution in [0.25, 0.3) is 0 Å². The molecule has 0 aliphatic heterocycles. The Morgan fingerprint density at radius 2 is 1.10 bits per heavy atom. The third kappa shape index (κ3) is 15.3. The lowest BCUT2D eigenvalue weighted by Gasteiger charge is -2.28. The topological polar surface area (TPSA) is 314 Å². The maximum Gasteiger partial charge on any atom is 0.243 e. The number of primary amides is 1. The van der Waals surface area contributed by atoms with Crippen molar-refractivity contribution in [1.82, 2.24) is 21.3 Å². The highest BCUT2D eigenvalue weighted by molar-refractivity contribution is 5.95. The zero-order chi connectivity index (χ0) is 31.7. The largest absolute Gasteiger partial charge is 0.370 e. The summed E-state index contributed by atoms with van der Waals surface area (Å²) < 4.78 is 0. The van der Waals surface area contributed by atoms with E-state index in [0.29, 0.717) is 19.3 Å². The molecule has 0 saturated carbocycles. The fraction of sp³-hybridized carbons (Fsp3) is 0.708. The van der Waals surface area contributed by atoms with Gasteiger partial charge in [0.05, 0.1) is 6.04 Å². The molecule has 0 aromatic rings. The Morgan fingerprint density at radius 3 is 1.49 bits per heavy atom. The fourth-order valence-electron chi connectivity index (χ4n) is 3.45. The normalized spacial score (nSPS) is 15.0. The summed E-state index contributed by atoms with van der Waals surface area (Å²) in [5.41, 5.74) is 32.3. The van der Waals surface area contributed by atoms with Crippen molar-refractivity contribution < 1.29 is 24.0 Å². The van der Waals surface area contributed by atoms with Crippen molar-refractivity contribution in [2.45, 2.75) is 90.0 Å². The lowest BCUT2D eigenvalue weighted by Crippen LogP contribution is -2.59. The Kier molecular flexibility index (Phi) is 17.1. The summed E-state index contributed by atoms with van der Waals surface area (Å²) in [6.07, 6.45) is 1.41. The third-order valence-corrected chi connectivity index (χ3v) is 6.15. The predicted octanol–water partition coefficient (Wildman–Crippen LogP) is -4.07. The van der Waals surface area contributed by atoms with Gasteiger partial charge in [-0.05, 0) is 45.4 Å². The van der Waals surface area contributed by atoms with Crippen LogP contribution in [0.15, 0.2) is 9.98 Å². The van der Waals surface area contributed by atoms with Crippen molar-refractivity contribution in [1.29, 1.82) is 0 Å². The average Bonchev–Trinajstić information content (AvgIpc) is 2.89. The molecule has 0 aromatic heterocycles. The summed E-state index contributed by atoms with van der Waals surface area (Å²) in [5, 5.41) is 10.4. The van der Waals surface area contributed by atoms with Crippen molar-refractivity contribution in [3.05, 3.63) is 0 Å². The Hall–Kier alpha value is -4.15. The van der Waals surface area contributed by atoms with Crippen LogP contribution < -0.4 is 55.7 Å². The molecule has 17 nitrogen and oxygen atoms in total. The number of hydrogen-bond acceptors (Lipinski definition) is 8. The summed E-state index contributed by atoms with van der Waals surface area (Å²) in [6, 6.07) is -5.06. The molecule has 0 radical (unpaired) electrons. The molecule has 234 valence electrons. The fourth-order valence-corrected chi connectivity index (χ4v) is 3.45. The summed E-state index contributed by atoms with van der Waals surface area (Å²) in [6.45, 7) is 6.85. The SMILES string of the molecule is CC[C@H](C)[C@H](NC(=O)[C@H](CCCN=C(N)N)NC(=O)[C@H](CCCN=C(N)N)NC(=O)[C@H](C)N)C(=O)N[C@@H](C)C(N)=O. The summed E-state index contributed by atoms with van der Waals surface area (Å²) in [7, 11) is 0. The van der Waals surface area contributed by atoms with Crippen LogP contribution in [0.4, 0.5) is 0 Å². The Bertz CT molecular complexity index is 947. The van der Waals surface area contributed by atoms with E-state index in [1.165, 1.54) is 13.8 Å². The van der Waals surface area contributed by atoms with Crippen LogP contribution in [0, 0.1) is 5.92 Å². The monoisotopic (exact) mass is 584 g/mol. The van der Waals surface area contributed by atoms with Gasteiger partial charge in [0, 0.05) is 13.1 Å². The first-order valence-corrected chi connectivity index (χ1v) is 13.5. The van der Waals surface area contributed by atoms with Gasteiger partial charge < -0.3 is 55.7 Å². The van der Waals surface area contributed by atoms with Gasteiger partial charge in [-0.1, -0.05) is 20.3 Å². The minimum Gasteiger partial charge on any atom is -0.370 e. The lowest BCUT2D eigenvalue weighted by molar-refractivity contribution is -0.135. The van der Waals surface area contributed by atoms with E-state index in [-0.39, 0.29) is 43.8 Å². The molecule has 0 aliphatic carbocycles. The van der Waals surface area contributed by atoms with E-state index in [1.807, 2.05) is 6.92 Å². The van der Waals surface area contributed by atoms with Gasteiger partial charge >= 0.3 is 0 Å². The van der Waals surface area contributed by atoms with Gasteiger partial charge in [0.1, 0.15) is 24.2 Å². The van der Waals surface area contributed by atoms with Gasteiger partial charge in [0.25, 0.3) is 0 Å². The maximum atomic E-state index is 13.4. The zero-order valence-electron chi connectivity index (χ0n) is 24.3.